The maximum atomic E-state index is 6.79. The van der Waals surface area contributed by atoms with Crippen molar-refractivity contribution in [2.75, 3.05) is 0 Å². The van der Waals surface area contributed by atoms with Gasteiger partial charge < -0.3 is 5.73 Å². The number of rotatable bonds is 7. The van der Waals surface area contributed by atoms with Gasteiger partial charge in [-0.05, 0) is 80.0 Å². The zero-order valence-corrected chi connectivity index (χ0v) is 14.3. The molecular formula is C20H35N. The number of unbranched alkanes of at least 4 members (excludes halogenated alkanes) is 3. The van der Waals surface area contributed by atoms with Crippen LogP contribution in [0.2, 0.25) is 0 Å². The molecule has 4 aliphatic carbocycles. The van der Waals surface area contributed by atoms with E-state index in [-0.39, 0.29) is 0 Å². The highest BCUT2D eigenvalue weighted by molar-refractivity contribution is 5.12. The molecule has 3 unspecified atom stereocenters. The predicted molar refractivity (Wildman–Crippen MR) is 91.1 cm³/mol. The first kappa shape index (κ1) is 15.6. The van der Waals surface area contributed by atoms with E-state index in [1.54, 1.807) is 0 Å². The molecule has 0 aliphatic heterocycles. The Labute approximate surface area is 131 Å². The van der Waals surface area contributed by atoms with Gasteiger partial charge >= 0.3 is 0 Å². The molecule has 4 fully saturated rings. The van der Waals surface area contributed by atoms with Gasteiger partial charge in [-0.3, -0.25) is 0 Å². The lowest BCUT2D eigenvalue weighted by Crippen LogP contribution is -2.60. The Morgan fingerprint density at radius 2 is 1.71 bits per heavy atom. The maximum Gasteiger partial charge on any atom is 0.00960 e. The van der Waals surface area contributed by atoms with E-state index in [1.807, 2.05) is 6.08 Å². The quantitative estimate of drug-likeness (QED) is 0.489. The van der Waals surface area contributed by atoms with Gasteiger partial charge in [-0.25, -0.2) is 0 Å². The molecule has 1 nitrogen and oxygen atoms in total. The third-order valence-corrected chi connectivity index (χ3v) is 6.88. The molecule has 1 heteroatoms. The zero-order chi connectivity index (χ0) is 15.1. The average Bonchev–Trinajstić information content (AvgIpc) is 2.33. The molecule has 0 saturated heterocycles. The van der Waals surface area contributed by atoms with Gasteiger partial charge in [0.15, 0.2) is 0 Å². The first-order valence-corrected chi connectivity index (χ1v) is 9.25. The first-order chi connectivity index (χ1) is 9.89. The van der Waals surface area contributed by atoms with Gasteiger partial charge in [-0.1, -0.05) is 32.8 Å². The second-order valence-electron chi connectivity index (χ2n) is 9.53. The van der Waals surface area contributed by atoms with Crippen molar-refractivity contribution in [3.8, 4) is 0 Å². The molecule has 4 saturated carbocycles. The normalized spacial score (nSPS) is 45.8. The SMILES string of the molecule is C=CCCCCCC(N)C12CC3CC(C)(CC(C)(C3)C1)C2. The summed E-state index contributed by atoms with van der Waals surface area (Å²) in [4.78, 5) is 0. The topological polar surface area (TPSA) is 26.0 Å². The van der Waals surface area contributed by atoms with Crippen LogP contribution in [0.5, 0.6) is 0 Å². The fourth-order valence-corrected chi connectivity index (χ4v) is 7.09. The van der Waals surface area contributed by atoms with Crippen molar-refractivity contribution in [1.82, 2.24) is 0 Å². The summed E-state index contributed by atoms with van der Waals surface area (Å²) in [6, 6.07) is 0.447. The third-order valence-electron chi connectivity index (χ3n) is 6.88. The molecule has 0 aromatic carbocycles. The molecule has 0 heterocycles. The lowest BCUT2D eigenvalue weighted by molar-refractivity contribution is -0.154. The maximum absolute atomic E-state index is 6.79. The van der Waals surface area contributed by atoms with Crippen LogP contribution >= 0.6 is 0 Å². The van der Waals surface area contributed by atoms with Crippen LogP contribution in [0, 0.1) is 22.2 Å². The summed E-state index contributed by atoms with van der Waals surface area (Å²) in [6.07, 6.45) is 17.1. The van der Waals surface area contributed by atoms with E-state index in [0.29, 0.717) is 22.3 Å². The minimum absolute atomic E-state index is 0.447. The summed E-state index contributed by atoms with van der Waals surface area (Å²) in [7, 11) is 0. The Morgan fingerprint density at radius 1 is 1.05 bits per heavy atom. The number of nitrogens with two attached hydrogens (primary N) is 1. The van der Waals surface area contributed by atoms with Crippen LogP contribution in [0.1, 0.15) is 84.5 Å². The smallest absolute Gasteiger partial charge is 0.00960 e. The number of allylic oxidation sites excluding steroid dienone is 1. The Bertz CT molecular complexity index is 381. The highest BCUT2D eigenvalue weighted by atomic mass is 14.8. The van der Waals surface area contributed by atoms with Crippen LogP contribution in [0.4, 0.5) is 0 Å². The van der Waals surface area contributed by atoms with Crippen LogP contribution in [-0.4, -0.2) is 6.04 Å². The predicted octanol–water partition coefficient (Wildman–Crippen LogP) is 5.45. The van der Waals surface area contributed by atoms with Gasteiger partial charge in [0.2, 0.25) is 0 Å². The lowest BCUT2D eigenvalue weighted by Gasteiger charge is -2.67. The lowest BCUT2D eigenvalue weighted by atomic mass is 9.39. The summed E-state index contributed by atoms with van der Waals surface area (Å²) in [6.45, 7) is 8.92. The fourth-order valence-electron chi connectivity index (χ4n) is 7.09. The van der Waals surface area contributed by atoms with Crippen LogP contribution in [0.15, 0.2) is 12.7 Å². The van der Waals surface area contributed by atoms with Crippen molar-refractivity contribution in [2.45, 2.75) is 90.5 Å². The van der Waals surface area contributed by atoms with Gasteiger partial charge in [-0.2, -0.15) is 0 Å². The summed E-state index contributed by atoms with van der Waals surface area (Å²) >= 11 is 0. The van der Waals surface area contributed by atoms with Crippen LogP contribution < -0.4 is 5.73 Å². The molecule has 0 aromatic heterocycles. The minimum atomic E-state index is 0.447. The molecule has 2 N–H and O–H groups in total. The van der Waals surface area contributed by atoms with E-state index >= 15 is 0 Å². The van der Waals surface area contributed by atoms with Crippen LogP contribution in [0.3, 0.4) is 0 Å². The largest absolute Gasteiger partial charge is 0.327 e. The Hall–Kier alpha value is -0.300. The van der Waals surface area contributed by atoms with Gasteiger partial charge in [-0.15, -0.1) is 6.58 Å². The molecule has 4 bridgehead atoms. The Kier molecular flexibility index (Phi) is 4.01. The van der Waals surface area contributed by atoms with Gasteiger partial charge in [0.1, 0.15) is 0 Å². The summed E-state index contributed by atoms with van der Waals surface area (Å²) in [5, 5.41) is 0. The molecule has 0 radical (unpaired) electrons. The molecule has 21 heavy (non-hydrogen) atoms. The third kappa shape index (κ3) is 2.96. The van der Waals surface area contributed by atoms with Gasteiger partial charge in [0, 0.05) is 6.04 Å². The average molecular weight is 290 g/mol. The van der Waals surface area contributed by atoms with E-state index in [4.69, 9.17) is 5.73 Å². The van der Waals surface area contributed by atoms with E-state index < -0.39 is 0 Å². The molecule has 4 rings (SSSR count). The van der Waals surface area contributed by atoms with Crippen molar-refractivity contribution in [3.05, 3.63) is 12.7 Å². The van der Waals surface area contributed by atoms with Crippen LogP contribution in [0.25, 0.3) is 0 Å². The standard InChI is InChI=1S/C20H35N/c1-4-5-6-7-8-9-17(21)20-12-16-10-18(2,14-20)13-19(3,11-16)15-20/h4,16-17H,1,5-15,21H2,2-3H3. The van der Waals surface area contributed by atoms with Crippen molar-refractivity contribution in [3.63, 3.8) is 0 Å². The number of hydrogen-bond acceptors (Lipinski definition) is 1. The van der Waals surface area contributed by atoms with Crippen molar-refractivity contribution >= 4 is 0 Å². The van der Waals surface area contributed by atoms with E-state index in [0.717, 1.165) is 5.92 Å². The van der Waals surface area contributed by atoms with E-state index in [2.05, 4.69) is 20.4 Å². The van der Waals surface area contributed by atoms with Crippen molar-refractivity contribution in [2.24, 2.45) is 27.9 Å². The molecule has 0 amide bonds. The number of hydrogen-bond donors (Lipinski definition) is 1. The second-order valence-corrected chi connectivity index (χ2v) is 9.53. The second kappa shape index (κ2) is 5.41. The highest BCUT2D eigenvalue weighted by Gasteiger charge is 2.61. The molecule has 4 aliphatic rings. The first-order valence-electron chi connectivity index (χ1n) is 9.25. The van der Waals surface area contributed by atoms with Crippen molar-refractivity contribution in [1.29, 1.82) is 0 Å². The summed E-state index contributed by atoms with van der Waals surface area (Å²) < 4.78 is 0. The summed E-state index contributed by atoms with van der Waals surface area (Å²) in [5.74, 6) is 0.975. The summed E-state index contributed by atoms with van der Waals surface area (Å²) in [5.41, 5.74) is 8.48. The highest BCUT2D eigenvalue weighted by Crippen LogP contribution is 2.70. The monoisotopic (exact) mass is 289 g/mol. The zero-order valence-electron chi connectivity index (χ0n) is 14.3. The molecule has 0 aromatic rings. The minimum Gasteiger partial charge on any atom is -0.327 e. The molecule has 120 valence electrons. The Morgan fingerprint density at radius 3 is 2.29 bits per heavy atom. The fraction of sp³-hybridized carbons (Fsp3) is 0.900. The van der Waals surface area contributed by atoms with Gasteiger partial charge in [0.25, 0.3) is 0 Å². The van der Waals surface area contributed by atoms with E-state index in [9.17, 15) is 0 Å². The Balaban J connectivity index is 1.62. The van der Waals surface area contributed by atoms with Crippen LogP contribution in [-0.2, 0) is 0 Å². The molecule has 3 atom stereocenters. The van der Waals surface area contributed by atoms with E-state index in [1.165, 1.54) is 70.6 Å². The molecular weight excluding hydrogens is 254 g/mol. The van der Waals surface area contributed by atoms with Gasteiger partial charge in [0.05, 0.1) is 0 Å². The molecule has 0 spiro atoms. The van der Waals surface area contributed by atoms with Crippen molar-refractivity contribution < 1.29 is 0 Å².